The zero-order valence-corrected chi connectivity index (χ0v) is 28.2. The maximum Gasteiger partial charge on any atom is 0.337 e. The maximum atomic E-state index is 15.5. The molecule has 0 saturated carbocycles. The van der Waals surface area contributed by atoms with Crippen molar-refractivity contribution in [2.75, 3.05) is 31.7 Å². The van der Waals surface area contributed by atoms with Gasteiger partial charge in [-0.3, -0.25) is 0 Å². The van der Waals surface area contributed by atoms with Gasteiger partial charge in [0.05, 0.1) is 29.6 Å². The number of halogens is 2. The van der Waals surface area contributed by atoms with Crippen LogP contribution in [0.3, 0.4) is 0 Å². The summed E-state index contributed by atoms with van der Waals surface area (Å²) in [5, 5.41) is 15.3. The molecule has 252 valence electrons. The largest absolute Gasteiger partial charge is 0.496 e. The molecule has 2 aromatic heterocycles. The highest BCUT2D eigenvalue weighted by atomic mass is 19.1. The van der Waals surface area contributed by atoms with Gasteiger partial charge in [0.1, 0.15) is 23.2 Å². The fourth-order valence-electron chi connectivity index (χ4n) is 6.04. The van der Waals surface area contributed by atoms with E-state index in [4.69, 9.17) is 24.3 Å². The molecule has 1 aliphatic heterocycles. The van der Waals surface area contributed by atoms with Gasteiger partial charge in [-0.2, -0.15) is 9.61 Å². The minimum Gasteiger partial charge on any atom is -0.496 e. The number of aliphatic carboxylic acids is 1. The van der Waals surface area contributed by atoms with Gasteiger partial charge < -0.3 is 24.2 Å². The minimum atomic E-state index is -1.32. The van der Waals surface area contributed by atoms with E-state index in [0.29, 0.717) is 65.0 Å². The predicted molar refractivity (Wildman–Crippen MR) is 177 cm³/mol. The molecule has 11 heteroatoms. The first-order valence-corrected chi connectivity index (χ1v) is 16.1. The second kappa shape index (κ2) is 13.6. The molecule has 2 aromatic carbocycles. The van der Waals surface area contributed by atoms with Crippen LogP contribution in [0.5, 0.6) is 5.75 Å². The molecule has 1 saturated heterocycles. The molecule has 0 amide bonds. The molecule has 9 nitrogen and oxygen atoms in total. The number of fused-ring (bicyclic) bond motifs is 1. The van der Waals surface area contributed by atoms with Crippen molar-refractivity contribution >= 4 is 17.4 Å². The van der Waals surface area contributed by atoms with Gasteiger partial charge in [0.15, 0.2) is 11.8 Å². The van der Waals surface area contributed by atoms with E-state index >= 15 is 4.39 Å². The van der Waals surface area contributed by atoms with E-state index < -0.39 is 29.3 Å². The van der Waals surface area contributed by atoms with Crippen LogP contribution in [-0.4, -0.2) is 63.7 Å². The lowest BCUT2D eigenvalue weighted by molar-refractivity contribution is -0.160. The number of benzene rings is 2. The van der Waals surface area contributed by atoms with Crippen molar-refractivity contribution in [2.24, 2.45) is 0 Å². The average molecular weight is 651 g/mol. The summed E-state index contributed by atoms with van der Waals surface area (Å²) < 4.78 is 48.8. The van der Waals surface area contributed by atoms with E-state index in [0.717, 1.165) is 25.7 Å². The Bertz CT molecular complexity index is 1760. The van der Waals surface area contributed by atoms with E-state index in [1.807, 2.05) is 20.8 Å². The Kier molecular flexibility index (Phi) is 9.88. The summed E-state index contributed by atoms with van der Waals surface area (Å²) >= 11 is 0. The van der Waals surface area contributed by atoms with Crippen LogP contribution in [0.1, 0.15) is 77.7 Å². The average Bonchev–Trinajstić information content (AvgIpc) is 3.43. The standard InChI is InChI=1S/C36H44F2N4O5/c1-8-9-18-46-36(6)14-16-41(17-15-36)33-31(32(34(43)44)47-35(3,4)5)22(2)39-30-21-28(40-42(30)33)26-19-23(10-13-27(26)38)25-12-11-24(37)20-29(25)45-7/h10-13,19-21,32H,8-9,14-18H2,1-7H3,(H,43,44). The number of aryl methyl sites for hydroxylation is 1. The number of hydrogen-bond donors (Lipinski definition) is 1. The highest BCUT2D eigenvalue weighted by molar-refractivity contribution is 5.80. The molecule has 0 bridgehead atoms. The molecule has 47 heavy (non-hydrogen) atoms. The number of methoxy groups -OCH3 is 1. The number of anilines is 1. The monoisotopic (exact) mass is 650 g/mol. The second-order valence-corrected chi connectivity index (χ2v) is 13.4. The molecule has 3 heterocycles. The summed E-state index contributed by atoms with van der Waals surface area (Å²) in [5.41, 5.74) is 1.97. The smallest absolute Gasteiger partial charge is 0.337 e. The van der Waals surface area contributed by atoms with Crippen LogP contribution in [0, 0.1) is 18.6 Å². The Morgan fingerprint density at radius 2 is 1.81 bits per heavy atom. The van der Waals surface area contributed by atoms with E-state index in [9.17, 15) is 14.3 Å². The zero-order valence-electron chi connectivity index (χ0n) is 28.2. The van der Waals surface area contributed by atoms with Crippen LogP contribution in [-0.2, 0) is 14.3 Å². The van der Waals surface area contributed by atoms with Crippen LogP contribution in [0.25, 0.3) is 28.0 Å². The van der Waals surface area contributed by atoms with Crippen molar-refractivity contribution in [3.63, 3.8) is 0 Å². The lowest BCUT2D eigenvalue weighted by atomic mass is 9.92. The van der Waals surface area contributed by atoms with Crippen LogP contribution >= 0.6 is 0 Å². The zero-order chi connectivity index (χ0) is 34.1. The number of piperidine rings is 1. The molecule has 5 rings (SSSR count). The molecule has 4 aromatic rings. The number of carbonyl (C=O) groups is 1. The number of unbranched alkanes of at least 4 members (excludes halogenated alkanes) is 1. The molecule has 0 aliphatic carbocycles. The maximum absolute atomic E-state index is 15.5. The van der Waals surface area contributed by atoms with Gasteiger partial charge in [-0.25, -0.2) is 18.6 Å². The first kappa shape index (κ1) is 34.3. The van der Waals surface area contributed by atoms with Crippen LogP contribution < -0.4 is 9.64 Å². The number of hydrogen-bond acceptors (Lipinski definition) is 7. The summed E-state index contributed by atoms with van der Waals surface area (Å²) in [5.74, 6) is -1.23. The summed E-state index contributed by atoms with van der Waals surface area (Å²) in [6.07, 6.45) is 2.16. The third-order valence-corrected chi connectivity index (χ3v) is 8.55. The molecule has 1 unspecified atom stereocenters. The molecule has 1 fully saturated rings. The predicted octanol–water partition coefficient (Wildman–Crippen LogP) is 7.77. The summed E-state index contributed by atoms with van der Waals surface area (Å²) in [6.45, 7) is 13.3. The number of ether oxygens (including phenoxy) is 3. The van der Waals surface area contributed by atoms with Gasteiger partial charge in [0.2, 0.25) is 0 Å². The Labute approximate surface area is 274 Å². The van der Waals surface area contributed by atoms with Crippen molar-refractivity contribution in [3.8, 4) is 28.1 Å². The van der Waals surface area contributed by atoms with E-state index in [1.54, 1.807) is 35.7 Å². The molecule has 1 N–H and O–H groups in total. The first-order chi connectivity index (χ1) is 22.2. The Hall–Kier alpha value is -4.09. The van der Waals surface area contributed by atoms with E-state index in [1.165, 1.54) is 25.3 Å². The van der Waals surface area contributed by atoms with Crippen LogP contribution in [0.2, 0.25) is 0 Å². The quantitative estimate of drug-likeness (QED) is 0.164. The van der Waals surface area contributed by atoms with Gasteiger partial charge in [-0.1, -0.05) is 19.4 Å². The first-order valence-electron chi connectivity index (χ1n) is 16.1. The lowest BCUT2D eigenvalue weighted by Gasteiger charge is -2.41. The highest BCUT2D eigenvalue weighted by Gasteiger charge is 2.38. The SMILES string of the molecule is CCCCOC1(C)CCN(c2c(C(OC(C)(C)C)C(=O)O)c(C)nc3cc(-c4cc(-c5ccc(F)cc5OC)ccc4F)nn23)CC1. The third-order valence-electron chi connectivity index (χ3n) is 8.55. The summed E-state index contributed by atoms with van der Waals surface area (Å²) in [6, 6.07) is 10.5. The summed E-state index contributed by atoms with van der Waals surface area (Å²) in [7, 11) is 1.45. The molecular weight excluding hydrogens is 606 g/mol. The Balaban J connectivity index is 1.65. The van der Waals surface area contributed by atoms with Crippen molar-refractivity contribution in [3.05, 3.63) is 65.4 Å². The number of carboxylic acids is 1. The van der Waals surface area contributed by atoms with Crippen molar-refractivity contribution in [2.45, 2.75) is 84.5 Å². The van der Waals surface area contributed by atoms with Crippen molar-refractivity contribution in [1.29, 1.82) is 0 Å². The van der Waals surface area contributed by atoms with Crippen LogP contribution in [0.15, 0.2) is 42.5 Å². The van der Waals surface area contributed by atoms with Gasteiger partial charge in [-0.15, -0.1) is 0 Å². The molecule has 1 aliphatic rings. The highest BCUT2D eigenvalue weighted by Crippen LogP contribution is 2.39. The number of nitrogens with zero attached hydrogens (tertiary/aromatic N) is 4. The minimum absolute atomic E-state index is 0.209. The number of aromatic nitrogens is 3. The van der Waals surface area contributed by atoms with Gasteiger partial charge >= 0.3 is 5.97 Å². The van der Waals surface area contributed by atoms with Crippen LogP contribution in [0.4, 0.5) is 14.6 Å². The van der Waals surface area contributed by atoms with Gasteiger partial charge in [-0.05, 0) is 83.7 Å². The van der Waals surface area contributed by atoms with Crippen molar-refractivity contribution in [1.82, 2.24) is 14.6 Å². The topological polar surface area (TPSA) is 98.4 Å². The molecule has 1 atom stereocenters. The lowest BCUT2D eigenvalue weighted by Crippen LogP contribution is -2.46. The van der Waals surface area contributed by atoms with Gasteiger partial charge in [0, 0.05) is 48.6 Å². The van der Waals surface area contributed by atoms with E-state index in [-0.39, 0.29) is 11.2 Å². The molecule has 0 radical (unpaired) electrons. The molecular formula is C36H44F2N4O5. The molecule has 0 spiro atoms. The third kappa shape index (κ3) is 7.41. The van der Waals surface area contributed by atoms with Gasteiger partial charge in [0.25, 0.3) is 0 Å². The fraction of sp³-hybridized carbons (Fsp3) is 0.472. The fourth-order valence-corrected chi connectivity index (χ4v) is 6.04. The Morgan fingerprint density at radius 3 is 2.45 bits per heavy atom. The second-order valence-electron chi connectivity index (χ2n) is 13.4. The van der Waals surface area contributed by atoms with Crippen molar-refractivity contribution < 1.29 is 32.9 Å². The number of carboxylic acid groups (broad SMARTS) is 1. The van der Waals surface area contributed by atoms with E-state index in [2.05, 4.69) is 18.7 Å². The normalized spacial score (nSPS) is 15.6. The number of rotatable bonds is 11. The summed E-state index contributed by atoms with van der Waals surface area (Å²) in [4.78, 5) is 19.6. The Morgan fingerprint density at radius 1 is 1.09 bits per heavy atom.